The maximum atomic E-state index is 13.3. The Labute approximate surface area is 172 Å². The van der Waals surface area contributed by atoms with E-state index in [2.05, 4.69) is 15.5 Å². The van der Waals surface area contributed by atoms with Crippen LogP contribution in [0.1, 0.15) is 26.2 Å². The van der Waals surface area contributed by atoms with E-state index < -0.39 is 36.3 Å². The first-order valence-electron chi connectivity index (χ1n) is 8.66. The average molecular weight is 392 g/mol. The standard InChI is InChI=1S/C16H21FN4O6.Li.H/c1-8-6-10-7-20(16(26)21(10)27-13(17)15(24)25)12(8)14(23)18-5-4-9-2-3-11(22)19-9;;/h6,9-10,12-13H,2-5,7H2,1H3,(H,18,23)(H,19,22)(H,24,25);;/t9?,10-,12+,13-;;/m1../s1. The van der Waals surface area contributed by atoms with Gasteiger partial charge in [0.05, 0.1) is 12.6 Å². The fourth-order valence-corrected chi connectivity index (χ4v) is 3.58. The van der Waals surface area contributed by atoms with Gasteiger partial charge in [-0.3, -0.25) is 9.59 Å². The Morgan fingerprint density at radius 1 is 1.46 bits per heavy atom. The Balaban J connectivity index is 0.00000280. The molecule has 3 heterocycles. The van der Waals surface area contributed by atoms with Gasteiger partial charge in [-0.2, -0.15) is 5.06 Å². The van der Waals surface area contributed by atoms with Crippen LogP contribution in [0, 0.1) is 0 Å². The number of aliphatic carboxylic acids is 1. The zero-order chi connectivity index (χ0) is 19.7. The van der Waals surface area contributed by atoms with Crippen molar-refractivity contribution >= 4 is 42.7 Å². The van der Waals surface area contributed by atoms with Gasteiger partial charge in [-0.25, -0.2) is 18.8 Å². The number of carbonyl (C=O) groups is 4. The number of halogens is 1. The second-order valence-electron chi connectivity index (χ2n) is 6.78. The fourth-order valence-electron chi connectivity index (χ4n) is 3.58. The van der Waals surface area contributed by atoms with Crippen LogP contribution in [0.5, 0.6) is 0 Å². The summed E-state index contributed by atoms with van der Waals surface area (Å²) in [6.45, 7) is 2.10. The molecule has 4 atom stereocenters. The van der Waals surface area contributed by atoms with Gasteiger partial charge in [0.15, 0.2) is 0 Å². The topological polar surface area (TPSA) is 128 Å². The number of hydroxylamine groups is 2. The predicted octanol–water partition coefficient (Wildman–Crippen LogP) is -1.13. The van der Waals surface area contributed by atoms with Crippen LogP contribution in [0.2, 0.25) is 0 Å². The van der Waals surface area contributed by atoms with Crippen molar-refractivity contribution in [3.05, 3.63) is 11.6 Å². The molecule has 2 bridgehead atoms. The number of alkyl halides is 1. The molecule has 0 aromatic rings. The zero-order valence-electron chi connectivity index (χ0n) is 14.7. The first-order valence-corrected chi connectivity index (χ1v) is 8.66. The van der Waals surface area contributed by atoms with Crippen LogP contribution in [0.4, 0.5) is 9.18 Å². The Kier molecular flexibility index (Phi) is 7.09. The monoisotopic (exact) mass is 392 g/mol. The second-order valence-corrected chi connectivity index (χ2v) is 6.78. The summed E-state index contributed by atoms with van der Waals surface area (Å²) in [4.78, 5) is 52.6. The molecule has 0 saturated carbocycles. The van der Waals surface area contributed by atoms with E-state index >= 15 is 0 Å². The van der Waals surface area contributed by atoms with E-state index in [0.717, 1.165) is 6.42 Å². The van der Waals surface area contributed by atoms with E-state index in [1.807, 2.05) is 0 Å². The molecule has 2 fully saturated rings. The van der Waals surface area contributed by atoms with Gasteiger partial charge in [-0.05, 0) is 25.3 Å². The molecule has 2 saturated heterocycles. The number of urea groups is 1. The number of carboxylic acids is 1. The Hall–Kier alpha value is -2.09. The van der Waals surface area contributed by atoms with Crippen LogP contribution < -0.4 is 10.6 Å². The Morgan fingerprint density at radius 3 is 2.79 bits per heavy atom. The minimum absolute atomic E-state index is 0. The van der Waals surface area contributed by atoms with Gasteiger partial charge in [0, 0.05) is 19.0 Å². The average Bonchev–Trinajstić information content (AvgIpc) is 3.11. The van der Waals surface area contributed by atoms with Gasteiger partial charge in [0.25, 0.3) is 0 Å². The van der Waals surface area contributed by atoms with Gasteiger partial charge >= 0.3 is 37.2 Å². The van der Waals surface area contributed by atoms with Crippen molar-refractivity contribution in [3.8, 4) is 0 Å². The van der Waals surface area contributed by atoms with Crippen LogP contribution in [0.15, 0.2) is 11.6 Å². The summed E-state index contributed by atoms with van der Waals surface area (Å²) in [6, 6.07) is -2.27. The SMILES string of the molecule is CC1=C[C@@H]2CN(C(=O)N2O[C@@H](F)C(=O)O)[C@@H]1C(=O)NCCC1CCC(=O)N1.[LiH]. The number of carboxylic acid groups (broad SMARTS) is 1. The van der Waals surface area contributed by atoms with E-state index in [9.17, 15) is 23.6 Å². The molecule has 1 unspecified atom stereocenters. The summed E-state index contributed by atoms with van der Waals surface area (Å²) in [5, 5.41) is 14.8. The minimum atomic E-state index is -2.67. The first-order chi connectivity index (χ1) is 12.8. The molecule has 3 rings (SSSR count). The number of nitrogens with zero attached hydrogens (tertiary/aromatic N) is 2. The molecule has 0 radical (unpaired) electrons. The van der Waals surface area contributed by atoms with Gasteiger partial charge in [-0.1, -0.05) is 6.08 Å². The molecular weight excluding hydrogens is 370 g/mol. The number of hydrogen-bond donors (Lipinski definition) is 3. The van der Waals surface area contributed by atoms with Crippen LogP contribution in [-0.2, 0) is 19.2 Å². The molecule has 0 aromatic carbocycles. The molecule has 0 spiro atoms. The second kappa shape index (κ2) is 8.94. The van der Waals surface area contributed by atoms with Crippen molar-refractivity contribution in [2.45, 2.75) is 50.7 Å². The third-order valence-electron chi connectivity index (χ3n) is 4.84. The third kappa shape index (κ3) is 4.48. The number of nitrogens with one attached hydrogen (secondary N) is 2. The summed E-state index contributed by atoms with van der Waals surface area (Å²) in [6.07, 6.45) is 0.716. The summed E-state index contributed by atoms with van der Waals surface area (Å²) >= 11 is 0. The summed E-state index contributed by atoms with van der Waals surface area (Å²) < 4.78 is 13.3. The van der Waals surface area contributed by atoms with Crippen molar-refractivity contribution in [1.82, 2.24) is 20.6 Å². The maximum absolute atomic E-state index is 13.3. The number of fused-ring (bicyclic) bond motifs is 2. The number of carbonyl (C=O) groups excluding carboxylic acids is 3. The third-order valence-corrected chi connectivity index (χ3v) is 4.84. The van der Waals surface area contributed by atoms with Gasteiger partial charge in [0.2, 0.25) is 11.8 Å². The molecule has 3 aliphatic rings. The number of rotatable bonds is 7. The van der Waals surface area contributed by atoms with E-state index in [4.69, 9.17) is 5.11 Å². The Bertz CT molecular complexity index is 705. The van der Waals surface area contributed by atoms with E-state index in [-0.39, 0.29) is 37.4 Å². The van der Waals surface area contributed by atoms with Crippen LogP contribution >= 0.6 is 0 Å². The zero-order valence-corrected chi connectivity index (χ0v) is 14.7. The van der Waals surface area contributed by atoms with Crippen LogP contribution in [0.25, 0.3) is 0 Å². The molecule has 10 nitrogen and oxygen atoms in total. The first kappa shape index (κ1) is 22.2. The van der Waals surface area contributed by atoms with E-state index in [0.29, 0.717) is 30.0 Å². The van der Waals surface area contributed by atoms with Crippen LogP contribution in [-0.4, -0.2) is 95.3 Å². The van der Waals surface area contributed by atoms with Crippen molar-refractivity contribution in [3.63, 3.8) is 0 Å². The molecule has 0 aromatic heterocycles. The summed E-state index contributed by atoms with van der Waals surface area (Å²) in [5.41, 5.74) is 0.586. The van der Waals surface area contributed by atoms with Gasteiger partial charge < -0.3 is 20.6 Å². The molecule has 12 heteroatoms. The van der Waals surface area contributed by atoms with Crippen molar-refractivity contribution in [2.24, 2.45) is 0 Å². The fraction of sp³-hybridized carbons (Fsp3) is 0.625. The van der Waals surface area contributed by atoms with Crippen molar-refractivity contribution < 1.29 is 33.5 Å². The molecular formula is C16H22FLiN4O6. The van der Waals surface area contributed by atoms with E-state index in [1.54, 1.807) is 13.0 Å². The summed E-state index contributed by atoms with van der Waals surface area (Å²) in [5.74, 6) is -2.23. The predicted molar refractivity (Wildman–Crippen MR) is 94.8 cm³/mol. The molecule has 150 valence electrons. The van der Waals surface area contributed by atoms with Gasteiger partial charge in [0.1, 0.15) is 6.04 Å². The van der Waals surface area contributed by atoms with Crippen molar-refractivity contribution in [1.29, 1.82) is 0 Å². The number of amides is 4. The van der Waals surface area contributed by atoms with Crippen molar-refractivity contribution in [2.75, 3.05) is 13.1 Å². The summed E-state index contributed by atoms with van der Waals surface area (Å²) in [7, 11) is 0. The molecule has 4 amide bonds. The normalized spacial score (nSPS) is 27.1. The molecule has 28 heavy (non-hydrogen) atoms. The van der Waals surface area contributed by atoms with E-state index in [1.165, 1.54) is 4.90 Å². The van der Waals surface area contributed by atoms with Crippen LogP contribution in [0.3, 0.4) is 0 Å². The molecule has 3 aliphatic heterocycles. The molecule has 0 aliphatic carbocycles. The quantitative estimate of drug-likeness (QED) is 0.372. The molecule has 3 N–H and O–H groups in total. The Morgan fingerprint density at radius 2 is 2.18 bits per heavy atom. The number of hydrogen-bond acceptors (Lipinski definition) is 5. The van der Waals surface area contributed by atoms with Gasteiger partial charge in [-0.15, -0.1) is 0 Å².